The predicted molar refractivity (Wildman–Crippen MR) is 72.1 cm³/mol. The normalized spacial score (nSPS) is 12.6. The first kappa shape index (κ1) is 14.9. The largest absolute Gasteiger partial charge is 0.509 e. The van der Waals surface area contributed by atoms with Gasteiger partial charge in [-0.2, -0.15) is 5.11 Å². The van der Waals surface area contributed by atoms with Crippen LogP contribution >= 0.6 is 0 Å². The second-order valence-corrected chi connectivity index (χ2v) is 4.14. The zero-order chi connectivity index (χ0) is 14.3. The number of hydrogen-bond acceptors (Lipinski definition) is 5. The van der Waals surface area contributed by atoms with Gasteiger partial charge in [-0.05, 0) is 19.1 Å². The summed E-state index contributed by atoms with van der Waals surface area (Å²) in [6.45, 7) is 5.42. The molecule has 1 rings (SSSR count). The molecule has 0 amide bonds. The second-order valence-electron chi connectivity index (χ2n) is 4.14. The van der Waals surface area contributed by atoms with Crippen LogP contribution in [-0.4, -0.2) is 17.7 Å². The lowest BCUT2D eigenvalue weighted by molar-refractivity contribution is -0.138. The van der Waals surface area contributed by atoms with Crippen molar-refractivity contribution in [2.24, 2.45) is 16.1 Å². The minimum atomic E-state index is -0.673. The van der Waals surface area contributed by atoms with Gasteiger partial charge in [-0.1, -0.05) is 32.0 Å². The molecule has 0 fully saturated rings. The van der Waals surface area contributed by atoms with Gasteiger partial charge in [0.25, 0.3) is 0 Å². The van der Waals surface area contributed by atoms with Crippen molar-refractivity contribution in [2.45, 2.75) is 20.8 Å². The van der Waals surface area contributed by atoms with Crippen LogP contribution < -0.4 is 0 Å². The average Bonchev–Trinajstić information content (AvgIpc) is 2.40. The van der Waals surface area contributed by atoms with Gasteiger partial charge in [0.05, 0.1) is 12.3 Å². The number of benzene rings is 1. The van der Waals surface area contributed by atoms with Crippen LogP contribution in [0.2, 0.25) is 0 Å². The molecule has 0 atom stereocenters. The van der Waals surface area contributed by atoms with E-state index in [1.54, 1.807) is 32.9 Å². The molecule has 1 N–H and O–H groups in total. The van der Waals surface area contributed by atoms with Crippen molar-refractivity contribution in [3.8, 4) is 0 Å². The van der Waals surface area contributed by atoms with Crippen molar-refractivity contribution in [2.75, 3.05) is 6.61 Å². The highest BCUT2D eigenvalue weighted by atomic mass is 16.5. The lowest BCUT2D eigenvalue weighted by atomic mass is 10.1. The van der Waals surface area contributed by atoms with Gasteiger partial charge in [-0.3, -0.25) is 0 Å². The fraction of sp³-hybridized carbons (Fsp3) is 0.357. The zero-order valence-electron chi connectivity index (χ0n) is 11.3. The van der Waals surface area contributed by atoms with Crippen molar-refractivity contribution in [3.63, 3.8) is 0 Å². The van der Waals surface area contributed by atoms with E-state index in [1.165, 1.54) is 0 Å². The average molecular weight is 262 g/mol. The number of carbonyl (C=O) groups is 1. The summed E-state index contributed by atoms with van der Waals surface area (Å²) >= 11 is 0. The smallest absolute Gasteiger partial charge is 0.362 e. The van der Waals surface area contributed by atoms with Crippen molar-refractivity contribution in [1.82, 2.24) is 0 Å². The number of azo groups is 1. The quantitative estimate of drug-likeness (QED) is 0.380. The summed E-state index contributed by atoms with van der Waals surface area (Å²) in [5.41, 5.74) is 0.446. The molecule has 0 radical (unpaired) electrons. The van der Waals surface area contributed by atoms with Crippen LogP contribution in [0.15, 0.2) is 52.0 Å². The minimum Gasteiger partial charge on any atom is -0.509 e. The molecule has 102 valence electrons. The van der Waals surface area contributed by atoms with Crippen LogP contribution in [0.25, 0.3) is 0 Å². The number of rotatable bonds is 5. The molecule has 0 spiro atoms. The van der Waals surface area contributed by atoms with Crippen LogP contribution in [0.5, 0.6) is 0 Å². The summed E-state index contributed by atoms with van der Waals surface area (Å²) in [6, 6.07) is 8.97. The fourth-order valence-electron chi connectivity index (χ4n) is 1.27. The third-order valence-electron chi connectivity index (χ3n) is 2.28. The molecule has 0 bridgehead atoms. The molecule has 1 aromatic rings. The highest BCUT2D eigenvalue weighted by Gasteiger charge is 2.18. The minimum absolute atomic E-state index is 0.127. The molecule has 1 aromatic carbocycles. The fourth-order valence-corrected chi connectivity index (χ4v) is 1.27. The molecule has 0 heterocycles. The van der Waals surface area contributed by atoms with E-state index in [0.29, 0.717) is 5.69 Å². The van der Waals surface area contributed by atoms with Crippen LogP contribution in [0.1, 0.15) is 20.8 Å². The predicted octanol–water partition coefficient (Wildman–Crippen LogP) is 3.76. The number of allylic oxidation sites excluding steroid dienone is 1. The van der Waals surface area contributed by atoms with Gasteiger partial charge in [-0.25, -0.2) is 4.79 Å². The molecule has 5 heteroatoms. The highest BCUT2D eigenvalue weighted by molar-refractivity contribution is 5.88. The summed E-state index contributed by atoms with van der Waals surface area (Å²) in [4.78, 5) is 11.7. The second kappa shape index (κ2) is 7.31. The van der Waals surface area contributed by atoms with Crippen LogP contribution in [0.3, 0.4) is 0 Å². The van der Waals surface area contributed by atoms with E-state index in [9.17, 15) is 9.90 Å². The molecule has 5 nitrogen and oxygen atoms in total. The zero-order valence-corrected chi connectivity index (χ0v) is 11.3. The van der Waals surface area contributed by atoms with E-state index in [0.717, 1.165) is 0 Å². The van der Waals surface area contributed by atoms with Gasteiger partial charge in [0.2, 0.25) is 5.70 Å². The Labute approximate surface area is 112 Å². The lowest BCUT2D eigenvalue weighted by Gasteiger charge is -2.07. The van der Waals surface area contributed by atoms with Crippen LogP contribution in [0.4, 0.5) is 5.69 Å². The van der Waals surface area contributed by atoms with Crippen molar-refractivity contribution < 1.29 is 14.6 Å². The molecule has 0 unspecified atom stereocenters. The monoisotopic (exact) mass is 262 g/mol. The molecule has 0 aliphatic heterocycles. The molecule has 0 aromatic heterocycles. The Morgan fingerprint density at radius 1 is 1.32 bits per heavy atom. The molecule has 19 heavy (non-hydrogen) atoms. The summed E-state index contributed by atoms with van der Waals surface area (Å²) in [5.74, 6) is -1.03. The Bertz CT molecular complexity index is 479. The van der Waals surface area contributed by atoms with Crippen LogP contribution in [-0.2, 0) is 9.53 Å². The molecule has 0 saturated heterocycles. The molecule has 0 aliphatic rings. The van der Waals surface area contributed by atoms with Gasteiger partial charge < -0.3 is 9.84 Å². The van der Waals surface area contributed by atoms with E-state index in [1.807, 2.05) is 18.2 Å². The van der Waals surface area contributed by atoms with Crippen LogP contribution in [0, 0.1) is 5.92 Å². The first-order valence-corrected chi connectivity index (χ1v) is 6.13. The van der Waals surface area contributed by atoms with Gasteiger partial charge in [0.1, 0.15) is 5.76 Å². The van der Waals surface area contributed by atoms with Gasteiger partial charge >= 0.3 is 5.97 Å². The number of hydrogen-bond donors (Lipinski definition) is 1. The number of ether oxygens (including phenoxy) is 1. The van der Waals surface area contributed by atoms with Gasteiger partial charge in [0.15, 0.2) is 0 Å². The molecule has 0 saturated carbocycles. The number of nitrogens with zero attached hydrogens (tertiary/aromatic N) is 2. The van der Waals surface area contributed by atoms with E-state index >= 15 is 0 Å². The Morgan fingerprint density at radius 3 is 2.47 bits per heavy atom. The Hall–Kier alpha value is -2.17. The third-order valence-corrected chi connectivity index (χ3v) is 2.28. The van der Waals surface area contributed by atoms with E-state index in [4.69, 9.17) is 4.74 Å². The van der Waals surface area contributed by atoms with Crippen molar-refractivity contribution >= 4 is 11.7 Å². The van der Waals surface area contributed by atoms with E-state index < -0.39 is 5.97 Å². The topological polar surface area (TPSA) is 71.2 Å². The van der Waals surface area contributed by atoms with Gasteiger partial charge in [0, 0.05) is 5.92 Å². The van der Waals surface area contributed by atoms with E-state index in [2.05, 4.69) is 10.2 Å². The van der Waals surface area contributed by atoms with Crippen molar-refractivity contribution in [3.05, 3.63) is 41.8 Å². The summed E-state index contributed by atoms with van der Waals surface area (Å²) in [7, 11) is 0. The molecular formula is C14H18N2O3. The third kappa shape index (κ3) is 4.54. The maximum absolute atomic E-state index is 11.7. The Balaban J connectivity index is 3.02. The lowest BCUT2D eigenvalue weighted by Crippen LogP contribution is -2.11. The Morgan fingerprint density at radius 2 is 1.95 bits per heavy atom. The maximum atomic E-state index is 11.7. The van der Waals surface area contributed by atoms with Gasteiger partial charge in [-0.15, -0.1) is 5.11 Å². The maximum Gasteiger partial charge on any atom is 0.362 e. The first-order chi connectivity index (χ1) is 9.06. The number of aliphatic hydroxyl groups excluding tert-OH is 1. The number of carbonyl (C=O) groups excluding carboxylic acids is 1. The Kier molecular flexibility index (Phi) is 5.73. The van der Waals surface area contributed by atoms with Crippen molar-refractivity contribution in [1.29, 1.82) is 0 Å². The first-order valence-electron chi connectivity index (χ1n) is 6.13. The highest BCUT2D eigenvalue weighted by Crippen LogP contribution is 2.18. The summed E-state index contributed by atoms with van der Waals surface area (Å²) in [5, 5.41) is 17.6. The van der Waals surface area contributed by atoms with E-state index in [-0.39, 0.29) is 24.0 Å². The summed E-state index contributed by atoms with van der Waals surface area (Å²) < 4.78 is 4.85. The molecular weight excluding hydrogens is 244 g/mol. The molecule has 0 aliphatic carbocycles. The number of esters is 1. The summed E-state index contributed by atoms with van der Waals surface area (Å²) in [6.07, 6.45) is 0. The number of aliphatic hydroxyl groups is 1. The SMILES string of the molecule is CCOC(=O)/C(N=Nc1ccccc1)=C(/O)C(C)C. The standard InChI is InChI=1S/C14H18N2O3/c1-4-19-14(18)12(13(17)10(2)3)16-15-11-8-6-5-7-9-11/h5-10,17H,4H2,1-3H3/b13-12-,16-15?.